The molecule has 0 saturated carbocycles. The van der Waals surface area contributed by atoms with Crippen molar-refractivity contribution in [2.24, 2.45) is 4.99 Å². The van der Waals surface area contributed by atoms with E-state index in [-0.39, 0.29) is 30.0 Å². The summed E-state index contributed by atoms with van der Waals surface area (Å²) in [6, 6.07) is 4.39. The smallest absolute Gasteiger partial charge is 0.191 e. The van der Waals surface area contributed by atoms with E-state index in [1.54, 1.807) is 11.3 Å². The van der Waals surface area contributed by atoms with E-state index >= 15 is 0 Å². The summed E-state index contributed by atoms with van der Waals surface area (Å²) < 4.78 is 5.93. The molecule has 1 aliphatic rings. The van der Waals surface area contributed by atoms with E-state index in [1.807, 2.05) is 26.2 Å². The SMILES string of the molecule is CCc1cnc(CCNC(=NC)NCC(c2ccc(C)o2)N2CCCC2)s1.I. The van der Waals surface area contributed by atoms with Crippen LogP contribution in [0.1, 0.15) is 47.2 Å². The van der Waals surface area contributed by atoms with Gasteiger partial charge in [0.15, 0.2) is 5.96 Å². The molecule has 2 N–H and O–H groups in total. The van der Waals surface area contributed by atoms with Crippen molar-refractivity contribution < 1.29 is 4.42 Å². The summed E-state index contributed by atoms with van der Waals surface area (Å²) in [5.41, 5.74) is 0. The highest BCUT2D eigenvalue weighted by Crippen LogP contribution is 2.26. The van der Waals surface area contributed by atoms with E-state index < -0.39 is 0 Å². The summed E-state index contributed by atoms with van der Waals surface area (Å²) in [5, 5.41) is 8.06. The lowest BCUT2D eigenvalue weighted by molar-refractivity contribution is 0.213. The van der Waals surface area contributed by atoms with Gasteiger partial charge in [-0.25, -0.2) is 4.98 Å². The fourth-order valence-electron chi connectivity index (χ4n) is 3.42. The molecule has 0 spiro atoms. The van der Waals surface area contributed by atoms with E-state index in [4.69, 9.17) is 4.42 Å². The second kappa shape index (κ2) is 11.8. The monoisotopic (exact) mass is 517 g/mol. The van der Waals surface area contributed by atoms with Gasteiger partial charge in [-0.05, 0) is 51.4 Å². The number of likely N-dealkylation sites (tertiary alicyclic amines) is 1. The van der Waals surface area contributed by atoms with Crippen LogP contribution >= 0.6 is 35.3 Å². The van der Waals surface area contributed by atoms with Crippen LogP contribution in [0.3, 0.4) is 0 Å². The van der Waals surface area contributed by atoms with Gasteiger partial charge in [-0.15, -0.1) is 35.3 Å². The van der Waals surface area contributed by atoms with Gasteiger partial charge in [0.2, 0.25) is 0 Å². The van der Waals surface area contributed by atoms with Crippen LogP contribution in [0.15, 0.2) is 27.7 Å². The number of halogens is 1. The lowest BCUT2D eigenvalue weighted by atomic mass is 10.2. The first-order valence-electron chi connectivity index (χ1n) is 9.88. The largest absolute Gasteiger partial charge is 0.465 e. The zero-order valence-electron chi connectivity index (χ0n) is 17.0. The molecule has 2 aromatic heterocycles. The summed E-state index contributed by atoms with van der Waals surface area (Å²) in [6.45, 7) is 8.03. The summed E-state index contributed by atoms with van der Waals surface area (Å²) in [6.07, 6.45) is 6.48. The minimum atomic E-state index is 0. The molecule has 3 heterocycles. The van der Waals surface area contributed by atoms with Gasteiger partial charge in [-0.2, -0.15) is 0 Å². The molecule has 8 heteroatoms. The Morgan fingerprint density at radius 3 is 2.71 bits per heavy atom. The molecule has 1 unspecified atom stereocenters. The lowest BCUT2D eigenvalue weighted by Gasteiger charge is -2.26. The first kappa shape index (κ1) is 23.2. The number of nitrogens with one attached hydrogen (secondary N) is 2. The Hall–Kier alpha value is -1.13. The molecule has 1 aliphatic heterocycles. The van der Waals surface area contributed by atoms with Crippen molar-refractivity contribution in [1.29, 1.82) is 0 Å². The predicted octanol–water partition coefficient (Wildman–Crippen LogP) is 3.77. The van der Waals surface area contributed by atoms with Gasteiger partial charge < -0.3 is 15.1 Å². The van der Waals surface area contributed by atoms with Crippen LogP contribution in [0.25, 0.3) is 0 Å². The highest BCUT2D eigenvalue weighted by atomic mass is 127. The number of aliphatic imine (C=N–C) groups is 1. The van der Waals surface area contributed by atoms with Crippen LogP contribution < -0.4 is 10.6 Å². The van der Waals surface area contributed by atoms with Crippen molar-refractivity contribution in [2.45, 2.75) is 45.6 Å². The number of hydrogen-bond acceptors (Lipinski definition) is 5. The van der Waals surface area contributed by atoms with E-state index in [0.29, 0.717) is 0 Å². The van der Waals surface area contributed by atoms with Gasteiger partial charge in [0.05, 0.1) is 11.0 Å². The predicted molar refractivity (Wildman–Crippen MR) is 127 cm³/mol. The number of rotatable bonds is 8. The van der Waals surface area contributed by atoms with Gasteiger partial charge >= 0.3 is 0 Å². The van der Waals surface area contributed by atoms with Gasteiger partial charge in [0.25, 0.3) is 0 Å². The Balaban J connectivity index is 0.00000280. The number of thiazole rings is 1. The number of hydrogen-bond donors (Lipinski definition) is 2. The Labute approximate surface area is 189 Å². The Bertz CT molecular complexity index is 739. The lowest BCUT2D eigenvalue weighted by Crippen LogP contribution is -2.43. The molecular weight excluding hydrogens is 485 g/mol. The van der Waals surface area contributed by atoms with E-state index in [0.717, 1.165) is 56.5 Å². The van der Waals surface area contributed by atoms with Crippen LogP contribution in [0.4, 0.5) is 0 Å². The number of furan rings is 1. The average molecular weight is 517 g/mol. The number of guanidine groups is 1. The molecule has 3 rings (SSSR count). The zero-order valence-corrected chi connectivity index (χ0v) is 20.2. The molecule has 2 aromatic rings. The maximum atomic E-state index is 5.93. The molecular formula is C20H32IN5OS. The first-order valence-corrected chi connectivity index (χ1v) is 10.7. The number of nitrogens with zero attached hydrogens (tertiary/aromatic N) is 3. The maximum Gasteiger partial charge on any atom is 0.191 e. The van der Waals surface area contributed by atoms with Crippen LogP contribution in [0.5, 0.6) is 0 Å². The molecule has 6 nitrogen and oxygen atoms in total. The summed E-state index contributed by atoms with van der Waals surface area (Å²) >= 11 is 1.80. The second-order valence-electron chi connectivity index (χ2n) is 6.91. The molecule has 1 fully saturated rings. The highest BCUT2D eigenvalue weighted by Gasteiger charge is 2.26. The quantitative estimate of drug-likeness (QED) is 0.317. The van der Waals surface area contributed by atoms with Gasteiger partial charge in [-0.3, -0.25) is 9.89 Å². The minimum Gasteiger partial charge on any atom is -0.465 e. The molecule has 1 atom stereocenters. The van der Waals surface area contributed by atoms with E-state index in [2.05, 4.69) is 38.5 Å². The second-order valence-corrected chi connectivity index (χ2v) is 8.11. The standard InChI is InChI=1S/C20H31N5OS.HI/c1-4-16-13-23-19(27-16)9-10-22-20(21-3)24-14-17(25-11-5-6-12-25)18-8-7-15(2)26-18;/h7-8,13,17H,4-6,9-12,14H2,1-3H3,(H2,21,22,24);1H. The third kappa shape index (κ3) is 6.45. The molecule has 0 bridgehead atoms. The van der Waals surface area contributed by atoms with Crippen molar-refractivity contribution >= 4 is 41.3 Å². The Morgan fingerprint density at radius 1 is 1.32 bits per heavy atom. The van der Waals surface area contributed by atoms with Crippen LogP contribution in [-0.4, -0.2) is 49.1 Å². The fraction of sp³-hybridized carbons (Fsp3) is 0.600. The number of aryl methyl sites for hydroxylation is 2. The molecule has 156 valence electrons. The summed E-state index contributed by atoms with van der Waals surface area (Å²) in [4.78, 5) is 12.7. The van der Waals surface area contributed by atoms with Gasteiger partial charge in [-0.1, -0.05) is 6.92 Å². The van der Waals surface area contributed by atoms with Crippen LogP contribution in [0.2, 0.25) is 0 Å². The van der Waals surface area contributed by atoms with Crippen LogP contribution in [-0.2, 0) is 12.8 Å². The minimum absolute atomic E-state index is 0. The molecule has 0 amide bonds. The summed E-state index contributed by atoms with van der Waals surface area (Å²) in [7, 11) is 1.82. The normalized spacial score (nSPS) is 16.0. The molecule has 0 aliphatic carbocycles. The van der Waals surface area contributed by atoms with Gasteiger partial charge in [0.1, 0.15) is 11.5 Å². The van der Waals surface area contributed by atoms with E-state index in [9.17, 15) is 0 Å². The molecule has 28 heavy (non-hydrogen) atoms. The number of aromatic nitrogens is 1. The third-order valence-electron chi connectivity index (χ3n) is 4.94. The van der Waals surface area contributed by atoms with Crippen molar-refractivity contribution in [3.63, 3.8) is 0 Å². The van der Waals surface area contributed by atoms with Crippen LogP contribution in [0, 0.1) is 6.92 Å². The maximum absolute atomic E-state index is 5.93. The van der Waals surface area contributed by atoms with Crippen molar-refractivity contribution in [3.05, 3.63) is 39.7 Å². The zero-order chi connectivity index (χ0) is 19.1. The average Bonchev–Trinajstić information content (AvgIpc) is 3.43. The van der Waals surface area contributed by atoms with Crippen molar-refractivity contribution in [3.8, 4) is 0 Å². The topological polar surface area (TPSA) is 65.7 Å². The van der Waals surface area contributed by atoms with E-state index in [1.165, 1.54) is 22.7 Å². The Morgan fingerprint density at radius 2 is 2.11 bits per heavy atom. The van der Waals surface area contributed by atoms with Crippen molar-refractivity contribution in [2.75, 3.05) is 33.2 Å². The van der Waals surface area contributed by atoms with Gasteiger partial charge in [0, 0.05) is 37.6 Å². The third-order valence-corrected chi connectivity index (χ3v) is 6.14. The Kier molecular flexibility index (Phi) is 9.73. The molecule has 1 saturated heterocycles. The molecule has 0 aromatic carbocycles. The van der Waals surface area contributed by atoms with Crippen molar-refractivity contribution in [1.82, 2.24) is 20.5 Å². The first-order chi connectivity index (χ1) is 13.2. The highest BCUT2D eigenvalue weighted by molar-refractivity contribution is 14.0. The molecule has 0 radical (unpaired) electrons. The summed E-state index contributed by atoms with van der Waals surface area (Å²) in [5.74, 6) is 2.83. The fourth-order valence-corrected chi connectivity index (χ4v) is 4.29.